The number of ether oxygens (including phenoxy) is 1. The molecule has 0 fully saturated rings. The lowest BCUT2D eigenvalue weighted by molar-refractivity contribution is 0.436. The van der Waals surface area contributed by atoms with E-state index in [-0.39, 0.29) is 0 Å². The van der Waals surface area contributed by atoms with Gasteiger partial charge in [0.15, 0.2) is 0 Å². The van der Waals surface area contributed by atoms with Gasteiger partial charge in [-0.1, -0.05) is 200 Å². The van der Waals surface area contributed by atoms with Crippen LogP contribution < -0.4 is 14.5 Å². The maximum atomic E-state index is 7.01. The van der Waals surface area contributed by atoms with Crippen LogP contribution in [0.1, 0.15) is 22.3 Å². The van der Waals surface area contributed by atoms with Crippen LogP contribution in [0.4, 0.5) is 34.1 Å². The first kappa shape index (κ1) is 40.4. The number of fused-ring (bicyclic) bond motifs is 17. The van der Waals surface area contributed by atoms with Crippen LogP contribution in [0, 0.1) is 0 Å². The van der Waals surface area contributed by atoms with Gasteiger partial charge in [0.05, 0.1) is 22.5 Å². The van der Waals surface area contributed by atoms with Gasteiger partial charge in [-0.2, -0.15) is 0 Å². The van der Waals surface area contributed by atoms with E-state index in [0.29, 0.717) is 0 Å². The van der Waals surface area contributed by atoms with Gasteiger partial charge in [0.2, 0.25) is 0 Å². The van der Waals surface area contributed by atoms with E-state index in [1.54, 1.807) is 0 Å². The first-order chi connectivity index (χ1) is 35.7. The summed E-state index contributed by atoms with van der Waals surface area (Å²) in [5, 5.41) is 12.1. The molecule has 1 aliphatic heterocycles. The predicted molar refractivity (Wildman–Crippen MR) is 301 cm³/mol. The van der Waals surface area contributed by atoms with Crippen molar-refractivity contribution in [2.45, 2.75) is 5.41 Å². The Hall–Kier alpha value is -9.44. The number of para-hydroxylation sites is 4. The van der Waals surface area contributed by atoms with Crippen LogP contribution in [0.25, 0.3) is 65.0 Å². The summed E-state index contributed by atoms with van der Waals surface area (Å²) in [5.74, 6) is 1.71. The number of hydrogen-bond acceptors (Lipinski definition) is 3. The number of benzene rings is 13. The van der Waals surface area contributed by atoms with E-state index in [1.807, 2.05) is 0 Å². The number of hydrogen-bond donors (Lipinski definition) is 0. The minimum Gasteiger partial charge on any atom is -0.457 e. The molecule has 3 nitrogen and oxygen atoms in total. The smallest absolute Gasteiger partial charge is 0.132 e. The van der Waals surface area contributed by atoms with E-state index in [4.69, 9.17) is 4.74 Å². The van der Waals surface area contributed by atoms with Crippen LogP contribution in [0.15, 0.2) is 267 Å². The third kappa shape index (κ3) is 5.79. The molecule has 72 heavy (non-hydrogen) atoms. The molecular weight excluding hydrogens is 873 g/mol. The summed E-state index contributed by atoms with van der Waals surface area (Å²) in [6.07, 6.45) is 0. The van der Waals surface area contributed by atoms with E-state index in [1.165, 1.54) is 76.1 Å². The average molecular weight is 917 g/mol. The topological polar surface area (TPSA) is 15.7 Å². The molecule has 3 heteroatoms. The normalized spacial score (nSPS) is 12.9. The van der Waals surface area contributed by atoms with Gasteiger partial charge in [-0.05, 0) is 127 Å². The van der Waals surface area contributed by atoms with Gasteiger partial charge >= 0.3 is 0 Å². The summed E-state index contributed by atoms with van der Waals surface area (Å²) in [6, 6.07) is 98.1. The Morgan fingerprint density at radius 3 is 1.43 bits per heavy atom. The molecule has 0 aromatic heterocycles. The molecule has 0 unspecified atom stereocenters. The summed E-state index contributed by atoms with van der Waals surface area (Å²) in [6.45, 7) is 0. The monoisotopic (exact) mass is 916 g/mol. The SMILES string of the molecule is c1ccc(N(c2ccc3c(c2)C2(c4ccccc4Oc4ccccc42)c2cc(N(c4ccccc4)c4cccc5ccccc45)c4ccc5c6ccccc6ccc5c4c2-3)c2cccc3ccccc23)cc1. The lowest BCUT2D eigenvalue weighted by atomic mass is 9.65. The van der Waals surface area contributed by atoms with Crippen LogP contribution in [0.5, 0.6) is 11.5 Å². The Labute approximate surface area is 417 Å². The van der Waals surface area contributed by atoms with Crippen LogP contribution in [0.2, 0.25) is 0 Å². The van der Waals surface area contributed by atoms with Crippen molar-refractivity contribution in [3.8, 4) is 22.6 Å². The van der Waals surface area contributed by atoms with Crippen molar-refractivity contribution in [3.63, 3.8) is 0 Å². The van der Waals surface area contributed by atoms with Crippen molar-refractivity contribution in [3.05, 3.63) is 289 Å². The third-order valence-electron chi connectivity index (χ3n) is 15.4. The lowest BCUT2D eigenvalue weighted by Crippen LogP contribution is -2.32. The second-order valence-electron chi connectivity index (χ2n) is 19.1. The van der Waals surface area contributed by atoms with Crippen molar-refractivity contribution >= 4 is 88.0 Å². The van der Waals surface area contributed by atoms with Gasteiger partial charge in [0.25, 0.3) is 0 Å². The van der Waals surface area contributed by atoms with Crippen molar-refractivity contribution in [2.75, 3.05) is 9.80 Å². The van der Waals surface area contributed by atoms with Crippen molar-refractivity contribution in [1.29, 1.82) is 0 Å². The van der Waals surface area contributed by atoms with Gasteiger partial charge in [-0.25, -0.2) is 0 Å². The van der Waals surface area contributed by atoms with Gasteiger partial charge in [-0.3, -0.25) is 0 Å². The minimum absolute atomic E-state index is 0.809. The molecule has 2 aliphatic rings. The fraction of sp³-hybridized carbons (Fsp3) is 0.0145. The molecule has 1 heterocycles. The maximum Gasteiger partial charge on any atom is 0.132 e. The fourth-order valence-electron chi connectivity index (χ4n) is 12.5. The largest absolute Gasteiger partial charge is 0.457 e. The Bertz CT molecular complexity index is 4280. The van der Waals surface area contributed by atoms with Crippen molar-refractivity contribution < 1.29 is 4.74 Å². The number of anilines is 6. The van der Waals surface area contributed by atoms with E-state index in [9.17, 15) is 0 Å². The lowest BCUT2D eigenvalue weighted by Gasteiger charge is -2.40. The van der Waals surface area contributed by atoms with Gasteiger partial charge < -0.3 is 14.5 Å². The number of nitrogens with zero attached hydrogens (tertiary/aromatic N) is 2. The van der Waals surface area contributed by atoms with Crippen molar-refractivity contribution in [1.82, 2.24) is 0 Å². The standard InChI is InChI=1S/C69H44N2O/c1-3-24-48(25-4-1)70(62-33-17-22-45-19-8-11-29-52(45)62)50-38-40-56-60(43-50)69(58-31-13-15-35-65(58)72-66-36-16-14-32-59(66)69)61-44-64(57-42-41-54-51-28-10-7-21-47(51)37-39-55(54)67(57)68(56)61)71(49-26-5-2-6-27-49)63-34-18-23-46-20-9-12-30-53(46)63/h1-44H. The molecule has 1 aliphatic carbocycles. The molecule has 0 atom stereocenters. The summed E-state index contributed by atoms with van der Waals surface area (Å²) >= 11 is 0. The second-order valence-corrected chi connectivity index (χ2v) is 19.1. The molecule has 13 aromatic carbocycles. The average Bonchev–Trinajstić information content (AvgIpc) is 3.73. The van der Waals surface area contributed by atoms with Gasteiger partial charge in [0, 0.05) is 44.3 Å². The Morgan fingerprint density at radius 1 is 0.278 bits per heavy atom. The molecule has 15 rings (SSSR count). The zero-order chi connectivity index (χ0) is 47.3. The summed E-state index contributed by atoms with van der Waals surface area (Å²) in [7, 11) is 0. The highest BCUT2D eigenvalue weighted by Crippen LogP contribution is 2.65. The molecule has 0 saturated carbocycles. The van der Waals surface area contributed by atoms with E-state index in [0.717, 1.165) is 56.8 Å². The summed E-state index contributed by atoms with van der Waals surface area (Å²) in [5.41, 5.74) is 12.9. The molecule has 0 N–H and O–H groups in total. The highest BCUT2D eigenvalue weighted by atomic mass is 16.5. The Balaban J connectivity index is 1.13. The Morgan fingerprint density at radius 2 is 0.778 bits per heavy atom. The molecule has 0 bridgehead atoms. The molecule has 0 amide bonds. The molecule has 336 valence electrons. The quantitative estimate of drug-likeness (QED) is 0.155. The zero-order valence-electron chi connectivity index (χ0n) is 39.2. The zero-order valence-corrected chi connectivity index (χ0v) is 39.2. The highest BCUT2D eigenvalue weighted by molar-refractivity contribution is 6.26. The summed E-state index contributed by atoms with van der Waals surface area (Å²) < 4.78 is 7.01. The van der Waals surface area contributed by atoms with Crippen LogP contribution >= 0.6 is 0 Å². The molecule has 1 spiro atoms. The molecular formula is C69H44N2O. The van der Waals surface area contributed by atoms with Gasteiger partial charge in [-0.15, -0.1) is 0 Å². The van der Waals surface area contributed by atoms with Crippen LogP contribution in [0.3, 0.4) is 0 Å². The first-order valence-corrected chi connectivity index (χ1v) is 24.8. The maximum absolute atomic E-state index is 7.01. The molecule has 13 aromatic rings. The van der Waals surface area contributed by atoms with Crippen LogP contribution in [-0.2, 0) is 5.41 Å². The van der Waals surface area contributed by atoms with E-state index in [2.05, 4.69) is 277 Å². The fourth-order valence-corrected chi connectivity index (χ4v) is 12.5. The molecule has 0 radical (unpaired) electrons. The van der Waals surface area contributed by atoms with Crippen LogP contribution in [-0.4, -0.2) is 0 Å². The molecule has 0 saturated heterocycles. The van der Waals surface area contributed by atoms with E-state index >= 15 is 0 Å². The third-order valence-corrected chi connectivity index (χ3v) is 15.4. The summed E-state index contributed by atoms with van der Waals surface area (Å²) in [4.78, 5) is 4.95. The highest BCUT2D eigenvalue weighted by Gasteiger charge is 2.52. The minimum atomic E-state index is -0.809. The number of rotatable bonds is 6. The van der Waals surface area contributed by atoms with Gasteiger partial charge in [0.1, 0.15) is 11.5 Å². The first-order valence-electron chi connectivity index (χ1n) is 24.8. The van der Waals surface area contributed by atoms with E-state index < -0.39 is 5.41 Å². The Kier molecular flexibility index (Phi) is 8.87. The predicted octanol–water partition coefficient (Wildman–Crippen LogP) is 18.9. The van der Waals surface area contributed by atoms with Crippen molar-refractivity contribution in [2.24, 2.45) is 0 Å². The second kappa shape index (κ2) is 15.8.